The molecule has 2 heterocycles. The number of amides is 2. The number of hydrogen-bond acceptors (Lipinski definition) is 4. The largest absolute Gasteiger partial charge is 0.381 e. The summed E-state index contributed by atoms with van der Waals surface area (Å²) < 4.78 is 5.50. The average molecular weight is 325 g/mol. The highest BCUT2D eigenvalue weighted by Gasteiger charge is 2.42. The number of carbonyl (C=O) groups is 2. The van der Waals surface area contributed by atoms with Crippen molar-refractivity contribution in [3.05, 3.63) is 0 Å². The van der Waals surface area contributed by atoms with E-state index in [1.807, 2.05) is 35.7 Å². The third kappa shape index (κ3) is 3.86. The summed E-state index contributed by atoms with van der Waals surface area (Å²) in [5, 5.41) is 0. The van der Waals surface area contributed by atoms with E-state index in [9.17, 15) is 9.59 Å². The molecule has 6 heteroatoms. The smallest absolute Gasteiger partial charge is 0.239 e. The SMILES string of the molecule is CC[C@@H](C(=O)N1CCN(C(C)=O)C2(CCOCC2)CC1)N(C)C. The maximum atomic E-state index is 12.8. The maximum Gasteiger partial charge on any atom is 0.239 e. The average Bonchev–Trinajstić information content (AvgIpc) is 2.68. The predicted octanol–water partition coefficient (Wildman–Crippen LogP) is 0.957. The van der Waals surface area contributed by atoms with Crippen LogP contribution in [0.15, 0.2) is 0 Å². The van der Waals surface area contributed by atoms with Crippen LogP contribution in [0.2, 0.25) is 0 Å². The van der Waals surface area contributed by atoms with Gasteiger partial charge in [-0.15, -0.1) is 0 Å². The summed E-state index contributed by atoms with van der Waals surface area (Å²) in [6, 6.07) is -0.0792. The Morgan fingerprint density at radius 3 is 2.30 bits per heavy atom. The molecule has 0 aromatic carbocycles. The highest BCUT2D eigenvalue weighted by Crippen LogP contribution is 2.33. The molecule has 0 radical (unpaired) electrons. The van der Waals surface area contributed by atoms with Gasteiger partial charge in [-0.3, -0.25) is 14.5 Å². The molecule has 6 nitrogen and oxygen atoms in total. The third-order valence-electron chi connectivity index (χ3n) is 5.42. The summed E-state index contributed by atoms with van der Waals surface area (Å²) in [6.45, 7) is 7.08. The van der Waals surface area contributed by atoms with Crippen LogP contribution in [0.1, 0.15) is 39.5 Å². The molecule has 132 valence electrons. The second kappa shape index (κ2) is 7.62. The number of nitrogens with zero attached hydrogens (tertiary/aromatic N) is 3. The van der Waals surface area contributed by atoms with Crippen LogP contribution in [0.5, 0.6) is 0 Å². The standard InChI is InChI=1S/C17H31N3O3/c1-5-15(18(3)4)16(22)19-9-6-17(7-12-23-13-8-17)20(11-10-19)14(2)21/h15H,5-13H2,1-4H3/t15-/m0/s1. The Balaban J connectivity index is 2.15. The first-order valence-electron chi connectivity index (χ1n) is 8.72. The molecule has 2 fully saturated rings. The fraction of sp³-hybridized carbons (Fsp3) is 0.882. The zero-order valence-electron chi connectivity index (χ0n) is 15.0. The van der Waals surface area contributed by atoms with Crippen molar-refractivity contribution in [2.45, 2.75) is 51.1 Å². The number of likely N-dealkylation sites (N-methyl/N-ethyl adjacent to an activating group) is 1. The Labute approximate surface area is 139 Å². The molecule has 2 amide bonds. The first-order chi connectivity index (χ1) is 10.9. The van der Waals surface area contributed by atoms with Crippen LogP contribution < -0.4 is 0 Å². The molecule has 2 aliphatic rings. The number of hydrogen-bond donors (Lipinski definition) is 0. The second-order valence-electron chi connectivity index (χ2n) is 6.97. The van der Waals surface area contributed by atoms with E-state index in [0.717, 1.165) is 32.2 Å². The van der Waals surface area contributed by atoms with Crippen molar-refractivity contribution in [3.63, 3.8) is 0 Å². The quantitative estimate of drug-likeness (QED) is 0.775. The molecule has 2 saturated heterocycles. The zero-order valence-corrected chi connectivity index (χ0v) is 15.0. The van der Waals surface area contributed by atoms with Gasteiger partial charge >= 0.3 is 0 Å². The fourth-order valence-corrected chi connectivity index (χ4v) is 4.00. The van der Waals surface area contributed by atoms with Crippen molar-refractivity contribution in [2.75, 3.05) is 46.9 Å². The Morgan fingerprint density at radius 1 is 1.13 bits per heavy atom. The molecule has 1 spiro atoms. The lowest BCUT2D eigenvalue weighted by Gasteiger charge is -2.44. The van der Waals surface area contributed by atoms with Crippen LogP contribution in [0.4, 0.5) is 0 Å². The van der Waals surface area contributed by atoms with E-state index in [-0.39, 0.29) is 23.4 Å². The third-order valence-corrected chi connectivity index (χ3v) is 5.42. The Morgan fingerprint density at radius 2 is 1.78 bits per heavy atom. The molecule has 2 rings (SSSR count). The fourth-order valence-electron chi connectivity index (χ4n) is 4.00. The van der Waals surface area contributed by atoms with Gasteiger partial charge in [0, 0.05) is 45.3 Å². The molecule has 0 aromatic heterocycles. The van der Waals surface area contributed by atoms with Gasteiger partial charge in [0.05, 0.1) is 6.04 Å². The Bertz CT molecular complexity index is 433. The van der Waals surface area contributed by atoms with Crippen LogP contribution in [-0.2, 0) is 14.3 Å². The van der Waals surface area contributed by atoms with Crippen molar-refractivity contribution in [2.24, 2.45) is 0 Å². The lowest BCUT2D eigenvalue weighted by Crippen LogP contribution is -2.54. The van der Waals surface area contributed by atoms with E-state index in [2.05, 4.69) is 0 Å². The summed E-state index contributed by atoms with van der Waals surface area (Å²) >= 11 is 0. The lowest BCUT2D eigenvalue weighted by atomic mass is 9.84. The molecule has 0 aliphatic carbocycles. The van der Waals surface area contributed by atoms with Crippen molar-refractivity contribution < 1.29 is 14.3 Å². The zero-order chi connectivity index (χ0) is 17.0. The molecular weight excluding hydrogens is 294 g/mol. The predicted molar refractivity (Wildman–Crippen MR) is 89.1 cm³/mol. The van der Waals surface area contributed by atoms with Crippen molar-refractivity contribution in [3.8, 4) is 0 Å². The first kappa shape index (κ1) is 18.2. The van der Waals surface area contributed by atoms with Gasteiger partial charge in [0.2, 0.25) is 11.8 Å². The topological polar surface area (TPSA) is 53.1 Å². The van der Waals surface area contributed by atoms with E-state index in [1.165, 1.54) is 0 Å². The highest BCUT2D eigenvalue weighted by molar-refractivity contribution is 5.82. The van der Waals surface area contributed by atoms with Crippen molar-refractivity contribution in [1.82, 2.24) is 14.7 Å². The molecule has 0 saturated carbocycles. The minimum absolute atomic E-state index is 0.0792. The number of carbonyl (C=O) groups excluding carboxylic acids is 2. The molecule has 0 aromatic rings. The highest BCUT2D eigenvalue weighted by atomic mass is 16.5. The van der Waals surface area contributed by atoms with Gasteiger partial charge in [-0.25, -0.2) is 0 Å². The van der Waals surface area contributed by atoms with E-state index in [0.29, 0.717) is 26.3 Å². The van der Waals surface area contributed by atoms with Crippen LogP contribution in [0, 0.1) is 0 Å². The van der Waals surface area contributed by atoms with E-state index < -0.39 is 0 Å². The molecule has 23 heavy (non-hydrogen) atoms. The van der Waals surface area contributed by atoms with Crippen LogP contribution >= 0.6 is 0 Å². The normalized spacial score (nSPS) is 23.0. The minimum Gasteiger partial charge on any atom is -0.381 e. The summed E-state index contributed by atoms with van der Waals surface area (Å²) in [5.74, 6) is 0.297. The lowest BCUT2D eigenvalue weighted by molar-refractivity contribution is -0.140. The summed E-state index contributed by atoms with van der Waals surface area (Å²) in [5.41, 5.74) is -0.126. The monoisotopic (exact) mass is 325 g/mol. The van der Waals surface area contributed by atoms with E-state index in [4.69, 9.17) is 4.74 Å². The number of ether oxygens (including phenoxy) is 1. The van der Waals surface area contributed by atoms with Gasteiger partial charge in [0.15, 0.2) is 0 Å². The van der Waals surface area contributed by atoms with Crippen LogP contribution in [-0.4, -0.2) is 85.0 Å². The van der Waals surface area contributed by atoms with Crippen molar-refractivity contribution in [1.29, 1.82) is 0 Å². The molecular formula is C17H31N3O3. The van der Waals surface area contributed by atoms with Gasteiger partial charge in [-0.05, 0) is 39.8 Å². The van der Waals surface area contributed by atoms with Gasteiger partial charge in [-0.2, -0.15) is 0 Å². The van der Waals surface area contributed by atoms with Crippen LogP contribution in [0.25, 0.3) is 0 Å². The van der Waals surface area contributed by atoms with Gasteiger partial charge in [-0.1, -0.05) is 6.92 Å². The minimum atomic E-state index is -0.126. The molecule has 0 N–H and O–H groups in total. The van der Waals surface area contributed by atoms with Crippen LogP contribution in [0.3, 0.4) is 0 Å². The second-order valence-corrected chi connectivity index (χ2v) is 6.97. The van der Waals surface area contributed by atoms with E-state index >= 15 is 0 Å². The Hall–Kier alpha value is -1.14. The van der Waals surface area contributed by atoms with Crippen molar-refractivity contribution >= 4 is 11.8 Å². The maximum absolute atomic E-state index is 12.8. The molecule has 0 bridgehead atoms. The molecule has 0 unspecified atom stereocenters. The number of rotatable bonds is 3. The summed E-state index contributed by atoms with van der Waals surface area (Å²) in [4.78, 5) is 30.9. The van der Waals surface area contributed by atoms with E-state index in [1.54, 1.807) is 6.92 Å². The molecule has 1 atom stereocenters. The Kier molecular flexibility index (Phi) is 6.03. The summed E-state index contributed by atoms with van der Waals surface area (Å²) in [7, 11) is 3.90. The van der Waals surface area contributed by atoms with Gasteiger partial charge in [0.1, 0.15) is 0 Å². The van der Waals surface area contributed by atoms with Gasteiger partial charge in [0.25, 0.3) is 0 Å². The first-order valence-corrected chi connectivity index (χ1v) is 8.72. The summed E-state index contributed by atoms with van der Waals surface area (Å²) in [6.07, 6.45) is 3.41. The van der Waals surface area contributed by atoms with Gasteiger partial charge < -0.3 is 14.5 Å². The molecule has 2 aliphatic heterocycles.